The van der Waals surface area contributed by atoms with Crippen LogP contribution in [0.4, 0.5) is 0 Å². The molecule has 0 aliphatic carbocycles. The van der Waals surface area contributed by atoms with Gasteiger partial charge < -0.3 is 18.9 Å². The summed E-state index contributed by atoms with van der Waals surface area (Å²) in [6.45, 7) is 5.71. The zero-order valence-corrected chi connectivity index (χ0v) is 13.4. The van der Waals surface area contributed by atoms with Crippen LogP contribution in [0, 0.1) is 0 Å². The Kier molecular flexibility index (Phi) is 6.50. The molecule has 2 atom stereocenters. The number of carbonyl (C=O) groups is 2. The molecular weight excluding hydrogens is 288 g/mol. The van der Waals surface area contributed by atoms with Gasteiger partial charge in [-0.15, -0.1) is 0 Å². The van der Waals surface area contributed by atoms with E-state index in [0.29, 0.717) is 45.6 Å². The molecule has 2 rings (SSSR count). The molecule has 0 saturated carbocycles. The number of hydrogen-bond acceptors (Lipinski definition) is 6. The number of ether oxygens (including phenoxy) is 4. The highest BCUT2D eigenvalue weighted by Gasteiger charge is 2.40. The quantitative estimate of drug-likeness (QED) is 0.521. The zero-order chi connectivity index (χ0) is 16.0. The van der Waals surface area contributed by atoms with Crippen molar-refractivity contribution < 1.29 is 28.5 Å². The van der Waals surface area contributed by atoms with Gasteiger partial charge in [-0.05, 0) is 39.5 Å². The number of aldehydes is 1. The van der Waals surface area contributed by atoms with E-state index in [9.17, 15) is 9.59 Å². The average Bonchev–Trinajstić information content (AvgIpc) is 2.55. The summed E-state index contributed by atoms with van der Waals surface area (Å²) in [4.78, 5) is 24.1. The molecule has 0 aromatic heterocycles. The van der Waals surface area contributed by atoms with Crippen molar-refractivity contribution in [1.29, 1.82) is 0 Å². The molecule has 0 N–H and O–H groups in total. The van der Waals surface area contributed by atoms with Crippen LogP contribution in [-0.2, 0) is 28.5 Å². The lowest BCUT2D eigenvalue weighted by atomic mass is 9.97. The minimum Gasteiger partial charge on any atom is -0.381 e. The topological polar surface area (TPSA) is 71.1 Å². The number of carbonyl (C=O) groups excluding carboxylic acids is 2. The van der Waals surface area contributed by atoms with Crippen molar-refractivity contribution in [3.8, 4) is 0 Å². The first-order chi connectivity index (χ1) is 10.5. The van der Waals surface area contributed by atoms with Gasteiger partial charge in [0.2, 0.25) is 0 Å². The average molecular weight is 314 g/mol. The van der Waals surface area contributed by atoms with Crippen LogP contribution in [0.15, 0.2) is 0 Å². The van der Waals surface area contributed by atoms with Gasteiger partial charge in [-0.3, -0.25) is 9.59 Å². The molecule has 126 valence electrons. The molecule has 6 nitrogen and oxygen atoms in total. The molecule has 0 aromatic rings. The normalized spacial score (nSPS) is 25.4. The summed E-state index contributed by atoms with van der Waals surface area (Å²) in [6.07, 6.45) is 2.76. The first-order valence-electron chi connectivity index (χ1n) is 8.04. The monoisotopic (exact) mass is 314 g/mol. The van der Waals surface area contributed by atoms with Crippen LogP contribution < -0.4 is 0 Å². The Hall–Kier alpha value is -0.820. The molecule has 22 heavy (non-hydrogen) atoms. The summed E-state index contributed by atoms with van der Waals surface area (Å²) >= 11 is 0. The number of rotatable bonds is 7. The van der Waals surface area contributed by atoms with Crippen LogP contribution in [-0.4, -0.2) is 62.4 Å². The summed E-state index contributed by atoms with van der Waals surface area (Å²) < 4.78 is 22.1. The molecule has 0 radical (unpaired) electrons. The van der Waals surface area contributed by atoms with E-state index >= 15 is 0 Å². The summed E-state index contributed by atoms with van der Waals surface area (Å²) in [5, 5.41) is 0. The van der Waals surface area contributed by atoms with Gasteiger partial charge in [-0.2, -0.15) is 0 Å². The lowest BCUT2D eigenvalue weighted by molar-refractivity contribution is -0.172. The van der Waals surface area contributed by atoms with Crippen molar-refractivity contribution in [2.75, 3.05) is 26.4 Å². The maximum absolute atomic E-state index is 12.6. The van der Waals surface area contributed by atoms with E-state index in [4.69, 9.17) is 18.9 Å². The van der Waals surface area contributed by atoms with Crippen LogP contribution in [0.25, 0.3) is 0 Å². The zero-order valence-electron chi connectivity index (χ0n) is 13.4. The Morgan fingerprint density at radius 1 is 1.09 bits per heavy atom. The predicted octanol–water partition coefficient (Wildman–Crippen LogP) is 1.29. The summed E-state index contributed by atoms with van der Waals surface area (Å²) in [6, 6.07) is 0. The minimum atomic E-state index is -1.45. The SMILES string of the molecule is CC(OC1CCOCC1)C(=O)[C@](C)(C=O)OC1CCOCC1. The maximum Gasteiger partial charge on any atom is 0.199 e. The van der Waals surface area contributed by atoms with Crippen LogP contribution >= 0.6 is 0 Å². The molecular formula is C16H26O6. The van der Waals surface area contributed by atoms with Gasteiger partial charge in [0.15, 0.2) is 17.7 Å². The lowest BCUT2D eigenvalue weighted by Crippen LogP contribution is -2.50. The lowest BCUT2D eigenvalue weighted by Gasteiger charge is -2.33. The first-order valence-corrected chi connectivity index (χ1v) is 8.04. The second kappa shape index (κ2) is 8.15. The standard InChI is InChI=1S/C16H26O6/c1-12(21-13-3-7-19-8-4-13)15(18)16(2,11-17)22-14-5-9-20-10-6-14/h11-14H,3-10H2,1-2H3/t12?,16-/m0/s1. The molecule has 2 heterocycles. The Labute approximate surface area is 131 Å². The summed E-state index contributed by atoms with van der Waals surface area (Å²) in [5.74, 6) is -0.319. The van der Waals surface area contributed by atoms with Crippen molar-refractivity contribution >= 4 is 12.1 Å². The van der Waals surface area contributed by atoms with Gasteiger partial charge in [-0.25, -0.2) is 0 Å². The largest absolute Gasteiger partial charge is 0.381 e. The molecule has 2 aliphatic rings. The fourth-order valence-corrected chi connectivity index (χ4v) is 2.85. The highest BCUT2D eigenvalue weighted by Crippen LogP contribution is 2.22. The van der Waals surface area contributed by atoms with Crippen molar-refractivity contribution in [3.05, 3.63) is 0 Å². The van der Waals surface area contributed by atoms with Gasteiger partial charge in [-0.1, -0.05) is 0 Å². The van der Waals surface area contributed by atoms with Gasteiger partial charge in [0.05, 0.1) is 12.2 Å². The Morgan fingerprint density at radius 3 is 2.09 bits per heavy atom. The minimum absolute atomic E-state index is 0.00619. The number of ketones is 1. The van der Waals surface area contributed by atoms with Crippen molar-refractivity contribution in [3.63, 3.8) is 0 Å². The maximum atomic E-state index is 12.6. The second-order valence-corrected chi connectivity index (χ2v) is 6.11. The predicted molar refractivity (Wildman–Crippen MR) is 78.8 cm³/mol. The second-order valence-electron chi connectivity index (χ2n) is 6.11. The Balaban J connectivity index is 1.91. The van der Waals surface area contributed by atoms with Crippen LogP contribution in [0.5, 0.6) is 0 Å². The van der Waals surface area contributed by atoms with Crippen molar-refractivity contribution in [1.82, 2.24) is 0 Å². The molecule has 0 spiro atoms. The van der Waals surface area contributed by atoms with Crippen LogP contribution in [0.3, 0.4) is 0 Å². The Morgan fingerprint density at radius 2 is 1.59 bits per heavy atom. The van der Waals surface area contributed by atoms with E-state index in [2.05, 4.69) is 0 Å². The van der Waals surface area contributed by atoms with Crippen molar-refractivity contribution in [2.24, 2.45) is 0 Å². The third-order valence-corrected chi connectivity index (χ3v) is 4.23. The van der Waals surface area contributed by atoms with Gasteiger partial charge in [0.25, 0.3) is 0 Å². The molecule has 1 unspecified atom stereocenters. The molecule has 0 amide bonds. The third kappa shape index (κ3) is 4.59. The number of hydrogen-bond donors (Lipinski definition) is 0. The number of Topliss-reactive ketones (excluding diaryl/α,β-unsaturated/α-hetero) is 1. The summed E-state index contributed by atoms with van der Waals surface area (Å²) in [7, 11) is 0. The molecule has 6 heteroatoms. The third-order valence-electron chi connectivity index (χ3n) is 4.23. The highest BCUT2D eigenvalue weighted by molar-refractivity contribution is 6.03. The van der Waals surface area contributed by atoms with Crippen LogP contribution in [0.2, 0.25) is 0 Å². The molecule has 0 bridgehead atoms. The Bertz CT molecular complexity index is 373. The molecule has 2 fully saturated rings. The smallest absolute Gasteiger partial charge is 0.199 e. The highest BCUT2D eigenvalue weighted by atomic mass is 16.5. The van der Waals surface area contributed by atoms with Crippen molar-refractivity contribution in [2.45, 2.75) is 63.4 Å². The van der Waals surface area contributed by atoms with Gasteiger partial charge in [0, 0.05) is 26.4 Å². The molecule has 0 aromatic carbocycles. The van der Waals surface area contributed by atoms with E-state index in [1.807, 2.05) is 0 Å². The first kappa shape index (κ1) is 17.5. The summed E-state index contributed by atoms with van der Waals surface area (Å²) in [5.41, 5.74) is -1.45. The van der Waals surface area contributed by atoms with E-state index in [0.717, 1.165) is 12.8 Å². The molecule has 2 aliphatic heterocycles. The van der Waals surface area contributed by atoms with Crippen LogP contribution in [0.1, 0.15) is 39.5 Å². The van der Waals surface area contributed by atoms with E-state index in [-0.39, 0.29) is 18.0 Å². The van der Waals surface area contributed by atoms with E-state index in [1.54, 1.807) is 6.92 Å². The fraction of sp³-hybridized carbons (Fsp3) is 0.875. The van der Waals surface area contributed by atoms with E-state index in [1.165, 1.54) is 6.92 Å². The fourth-order valence-electron chi connectivity index (χ4n) is 2.85. The van der Waals surface area contributed by atoms with Gasteiger partial charge >= 0.3 is 0 Å². The van der Waals surface area contributed by atoms with E-state index < -0.39 is 11.7 Å². The molecule has 2 saturated heterocycles. The van der Waals surface area contributed by atoms with Gasteiger partial charge in [0.1, 0.15) is 6.10 Å².